The molecule has 0 saturated carbocycles. The highest BCUT2D eigenvalue weighted by Gasteiger charge is 2.31. The molecule has 1 aliphatic heterocycles. The quantitative estimate of drug-likeness (QED) is 0.346. The SMILES string of the molecule is CCCc1ccc(OC(C)C)c(OCCCN2CCC(C)(Oc3ccc(Cl)cc3)CC2)c1. The number of halogens is 1. The van der Waals surface area contributed by atoms with Crippen LogP contribution in [0.2, 0.25) is 5.02 Å². The van der Waals surface area contributed by atoms with Gasteiger partial charge < -0.3 is 19.1 Å². The Morgan fingerprint density at radius 1 is 1.03 bits per heavy atom. The number of hydrogen-bond donors (Lipinski definition) is 0. The number of aryl methyl sites for hydroxylation is 1. The molecule has 4 nitrogen and oxygen atoms in total. The minimum absolute atomic E-state index is 0.121. The molecule has 0 aromatic heterocycles. The molecule has 0 unspecified atom stereocenters. The summed E-state index contributed by atoms with van der Waals surface area (Å²) in [6.07, 6.45) is 5.34. The van der Waals surface area contributed by atoms with E-state index in [-0.39, 0.29) is 11.7 Å². The van der Waals surface area contributed by atoms with Crippen molar-refractivity contribution in [2.75, 3.05) is 26.2 Å². The number of piperidine rings is 1. The Morgan fingerprint density at radius 3 is 2.41 bits per heavy atom. The van der Waals surface area contributed by atoms with Gasteiger partial charge in [-0.05, 0) is 88.4 Å². The summed E-state index contributed by atoms with van der Waals surface area (Å²) in [5.41, 5.74) is 1.18. The molecule has 5 heteroatoms. The summed E-state index contributed by atoms with van der Waals surface area (Å²) >= 11 is 5.98. The van der Waals surface area contributed by atoms with E-state index in [2.05, 4.69) is 30.9 Å². The largest absolute Gasteiger partial charge is 0.490 e. The minimum atomic E-state index is -0.121. The van der Waals surface area contributed by atoms with Gasteiger partial charge in [-0.25, -0.2) is 0 Å². The monoisotopic (exact) mass is 459 g/mol. The Hall–Kier alpha value is -1.91. The second-order valence-electron chi connectivity index (χ2n) is 9.25. The van der Waals surface area contributed by atoms with Gasteiger partial charge >= 0.3 is 0 Å². The molecule has 0 N–H and O–H groups in total. The molecular formula is C27H38ClNO3. The smallest absolute Gasteiger partial charge is 0.161 e. The summed E-state index contributed by atoms with van der Waals surface area (Å²) in [7, 11) is 0. The summed E-state index contributed by atoms with van der Waals surface area (Å²) in [4.78, 5) is 2.51. The van der Waals surface area contributed by atoms with Gasteiger partial charge in [0, 0.05) is 24.7 Å². The molecule has 1 fully saturated rings. The van der Waals surface area contributed by atoms with Crippen molar-refractivity contribution in [1.82, 2.24) is 4.90 Å². The summed E-state index contributed by atoms with van der Waals surface area (Å²) < 4.78 is 18.4. The average molecular weight is 460 g/mol. The lowest BCUT2D eigenvalue weighted by atomic mass is 9.93. The van der Waals surface area contributed by atoms with Crippen LogP contribution in [0.4, 0.5) is 0 Å². The minimum Gasteiger partial charge on any atom is -0.490 e. The standard InChI is InChI=1S/C27H38ClNO3/c1-5-7-22-8-13-25(31-21(2)3)26(20-22)30-19-6-16-29-17-14-27(4,15-18-29)32-24-11-9-23(28)10-12-24/h8-13,20-21H,5-7,14-19H2,1-4H3. The van der Waals surface area contributed by atoms with Crippen LogP contribution in [-0.4, -0.2) is 42.8 Å². The number of nitrogens with zero attached hydrogens (tertiary/aromatic N) is 1. The van der Waals surface area contributed by atoms with Gasteiger partial charge in [-0.3, -0.25) is 0 Å². The first kappa shape index (κ1) is 24.7. The topological polar surface area (TPSA) is 30.9 Å². The van der Waals surface area contributed by atoms with Gasteiger partial charge in [-0.2, -0.15) is 0 Å². The van der Waals surface area contributed by atoms with E-state index in [1.54, 1.807) is 0 Å². The fourth-order valence-corrected chi connectivity index (χ4v) is 4.20. The van der Waals surface area contributed by atoms with Gasteiger partial charge in [0.15, 0.2) is 11.5 Å². The molecule has 0 amide bonds. The van der Waals surface area contributed by atoms with E-state index in [0.717, 1.165) is 74.0 Å². The van der Waals surface area contributed by atoms with Crippen LogP contribution in [0.15, 0.2) is 42.5 Å². The maximum atomic E-state index is 6.28. The van der Waals surface area contributed by atoms with Crippen molar-refractivity contribution in [3.8, 4) is 17.2 Å². The molecule has 1 saturated heterocycles. The summed E-state index contributed by atoms with van der Waals surface area (Å²) in [6.45, 7) is 12.3. The van der Waals surface area contributed by atoms with Gasteiger partial charge in [0.1, 0.15) is 11.4 Å². The van der Waals surface area contributed by atoms with Gasteiger partial charge in [0.25, 0.3) is 0 Å². The predicted molar refractivity (Wildman–Crippen MR) is 132 cm³/mol. The molecule has 0 radical (unpaired) electrons. The second-order valence-corrected chi connectivity index (χ2v) is 9.68. The van der Waals surface area contributed by atoms with Crippen LogP contribution >= 0.6 is 11.6 Å². The molecule has 0 aliphatic carbocycles. The van der Waals surface area contributed by atoms with Crippen molar-refractivity contribution in [3.63, 3.8) is 0 Å². The average Bonchev–Trinajstić information content (AvgIpc) is 2.76. The van der Waals surface area contributed by atoms with Crippen LogP contribution < -0.4 is 14.2 Å². The number of ether oxygens (including phenoxy) is 3. The molecule has 0 spiro atoms. The number of rotatable bonds is 11. The molecule has 0 atom stereocenters. The summed E-state index contributed by atoms with van der Waals surface area (Å²) in [6, 6.07) is 14.0. The zero-order valence-corrected chi connectivity index (χ0v) is 20.8. The van der Waals surface area contributed by atoms with Crippen molar-refractivity contribution in [1.29, 1.82) is 0 Å². The van der Waals surface area contributed by atoms with Crippen LogP contribution in [0.25, 0.3) is 0 Å². The molecule has 0 bridgehead atoms. The molecule has 32 heavy (non-hydrogen) atoms. The predicted octanol–water partition coefficient (Wildman–Crippen LogP) is 6.78. The third-order valence-corrected chi connectivity index (χ3v) is 6.13. The van der Waals surface area contributed by atoms with E-state index in [4.69, 9.17) is 25.8 Å². The lowest BCUT2D eigenvalue weighted by molar-refractivity contribution is 0.0156. The highest BCUT2D eigenvalue weighted by Crippen LogP contribution is 2.31. The van der Waals surface area contributed by atoms with Crippen molar-refractivity contribution >= 4 is 11.6 Å². The Balaban J connectivity index is 1.43. The Labute approximate surface area is 198 Å². The van der Waals surface area contributed by atoms with Crippen molar-refractivity contribution in [3.05, 3.63) is 53.1 Å². The highest BCUT2D eigenvalue weighted by molar-refractivity contribution is 6.30. The molecule has 3 rings (SSSR count). The van der Waals surface area contributed by atoms with E-state index >= 15 is 0 Å². The van der Waals surface area contributed by atoms with E-state index in [1.807, 2.05) is 44.2 Å². The van der Waals surface area contributed by atoms with Crippen molar-refractivity contribution in [2.45, 2.75) is 71.5 Å². The fraction of sp³-hybridized carbons (Fsp3) is 0.556. The van der Waals surface area contributed by atoms with Crippen LogP contribution in [0.3, 0.4) is 0 Å². The van der Waals surface area contributed by atoms with Crippen LogP contribution in [-0.2, 0) is 6.42 Å². The third-order valence-electron chi connectivity index (χ3n) is 5.88. The molecule has 2 aromatic rings. The molecule has 176 valence electrons. The van der Waals surface area contributed by atoms with Gasteiger partial charge in [0.2, 0.25) is 0 Å². The van der Waals surface area contributed by atoms with Crippen LogP contribution in [0.5, 0.6) is 17.2 Å². The number of likely N-dealkylation sites (tertiary alicyclic amines) is 1. The molecular weight excluding hydrogens is 422 g/mol. The zero-order valence-electron chi connectivity index (χ0n) is 20.0. The van der Waals surface area contributed by atoms with Crippen molar-refractivity contribution < 1.29 is 14.2 Å². The van der Waals surface area contributed by atoms with Crippen LogP contribution in [0.1, 0.15) is 58.9 Å². The molecule has 2 aromatic carbocycles. The number of benzene rings is 2. The van der Waals surface area contributed by atoms with E-state index in [0.29, 0.717) is 6.61 Å². The van der Waals surface area contributed by atoms with Crippen LogP contribution in [0, 0.1) is 0 Å². The van der Waals surface area contributed by atoms with Gasteiger partial charge in [0.05, 0.1) is 12.7 Å². The first-order chi connectivity index (χ1) is 15.4. The first-order valence-electron chi connectivity index (χ1n) is 12.0. The normalized spacial score (nSPS) is 16.2. The van der Waals surface area contributed by atoms with Gasteiger partial charge in [-0.15, -0.1) is 0 Å². The lowest BCUT2D eigenvalue weighted by Crippen LogP contribution is -2.46. The van der Waals surface area contributed by atoms with Gasteiger partial charge in [-0.1, -0.05) is 31.0 Å². The molecule has 1 heterocycles. The maximum absolute atomic E-state index is 6.28. The maximum Gasteiger partial charge on any atom is 0.161 e. The summed E-state index contributed by atoms with van der Waals surface area (Å²) in [5.74, 6) is 2.60. The van der Waals surface area contributed by atoms with E-state index < -0.39 is 0 Å². The Kier molecular flexibility index (Phi) is 9.12. The number of hydrogen-bond acceptors (Lipinski definition) is 4. The summed E-state index contributed by atoms with van der Waals surface area (Å²) in [5, 5.41) is 0.736. The van der Waals surface area contributed by atoms with Crippen molar-refractivity contribution in [2.24, 2.45) is 0 Å². The zero-order chi connectivity index (χ0) is 23.0. The van der Waals surface area contributed by atoms with E-state index in [1.165, 1.54) is 5.56 Å². The lowest BCUT2D eigenvalue weighted by Gasteiger charge is -2.39. The Bertz CT molecular complexity index is 829. The molecule has 1 aliphatic rings. The Morgan fingerprint density at radius 2 is 1.75 bits per heavy atom. The second kappa shape index (κ2) is 11.8. The first-order valence-corrected chi connectivity index (χ1v) is 12.3. The fourth-order valence-electron chi connectivity index (χ4n) is 4.07. The third kappa shape index (κ3) is 7.60. The highest BCUT2D eigenvalue weighted by atomic mass is 35.5. The van der Waals surface area contributed by atoms with E-state index in [9.17, 15) is 0 Å².